The topological polar surface area (TPSA) is 104 Å². The van der Waals surface area contributed by atoms with E-state index in [1.54, 1.807) is 24.3 Å². The molecule has 0 fully saturated rings. The third-order valence-electron chi connectivity index (χ3n) is 3.51. The predicted octanol–water partition coefficient (Wildman–Crippen LogP) is 3.12. The van der Waals surface area contributed by atoms with E-state index in [0.717, 1.165) is 4.88 Å². The second-order valence-electron chi connectivity index (χ2n) is 5.89. The molecular formula is C18H18N4O3S2. The number of nitrogens with one attached hydrogen (secondary N) is 3. The maximum Gasteiger partial charge on any atom is 0.259 e. The molecule has 0 aliphatic heterocycles. The van der Waals surface area contributed by atoms with Crippen molar-refractivity contribution in [3.8, 4) is 0 Å². The van der Waals surface area contributed by atoms with Crippen LogP contribution in [0.5, 0.6) is 0 Å². The standard InChI is InChI=1S/C18H18N4O3S2/c1-10-6-14-17(25)21-15(22-18(14)27-10)8-26-9-16(24)20-13-5-3-4-12(7-13)19-11(2)23/h3-7H,8-9H2,1-2H3,(H,19,23)(H,20,24)(H,21,22,25). The number of thioether (sulfide) groups is 1. The summed E-state index contributed by atoms with van der Waals surface area (Å²) < 4.78 is 0. The van der Waals surface area contributed by atoms with Gasteiger partial charge in [0, 0.05) is 23.2 Å². The Hall–Kier alpha value is -2.65. The highest BCUT2D eigenvalue weighted by Crippen LogP contribution is 2.21. The van der Waals surface area contributed by atoms with Crippen LogP contribution in [0.1, 0.15) is 17.6 Å². The Balaban J connectivity index is 1.55. The second kappa shape index (κ2) is 8.36. The van der Waals surface area contributed by atoms with Gasteiger partial charge in [-0.25, -0.2) is 4.98 Å². The summed E-state index contributed by atoms with van der Waals surface area (Å²) in [5, 5.41) is 6.05. The summed E-state index contributed by atoms with van der Waals surface area (Å²) in [4.78, 5) is 44.2. The highest BCUT2D eigenvalue weighted by molar-refractivity contribution is 7.99. The van der Waals surface area contributed by atoms with Gasteiger partial charge in [-0.2, -0.15) is 0 Å². The molecule has 0 atom stereocenters. The molecule has 140 valence electrons. The van der Waals surface area contributed by atoms with Gasteiger partial charge in [-0.15, -0.1) is 23.1 Å². The number of hydrogen-bond donors (Lipinski definition) is 3. The zero-order valence-corrected chi connectivity index (χ0v) is 16.4. The van der Waals surface area contributed by atoms with Gasteiger partial charge in [0.15, 0.2) is 0 Å². The van der Waals surface area contributed by atoms with Crippen LogP contribution in [0.4, 0.5) is 11.4 Å². The summed E-state index contributed by atoms with van der Waals surface area (Å²) in [6, 6.07) is 8.76. The van der Waals surface area contributed by atoms with Crippen LogP contribution < -0.4 is 16.2 Å². The molecule has 1 aromatic carbocycles. The fraction of sp³-hybridized carbons (Fsp3) is 0.222. The van der Waals surface area contributed by atoms with E-state index in [0.29, 0.717) is 33.2 Å². The number of aryl methyl sites for hydroxylation is 1. The van der Waals surface area contributed by atoms with E-state index in [1.807, 2.05) is 13.0 Å². The lowest BCUT2D eigenvalue weighted by molar-refractivity contribution is -0.114. The van der Waals surface area contributed by atoms with Crippen LogP contribution in [0.2, 0.25) is 0 Å². The maximum atomic E-state index is 12.1. The van der Waals surface area contributed by atoms with Gasteiger partial charge in [-0.05, 0) is 31.2 Å². The van der Waals surface area contributed by atoms with Crippen molar-refractivity contribution in [2.75, 3.05) is 16.4 Å². The van der Waals surface area contributed by atoms with Gasteiger partial charge in [0.25, 0.3) is 5.56 Å². The van der Waals surface area contributed by atoms with Gasteiger partial charge in [-0.3, -0.25) is 14.4 Å². The lowest BCUT2D eigenvalue weighted by Gasteiger charge is -2.07. The minimum atomic E-state index is -0.173. The number of benzene rings is 1. The zero-order valence-electron chi connectivity index (χ0n) is 14.8. The molecule has 0 saturated carbocycles. The molecule has 0 unspecified atom stereocenters. The monoisotopic (exact) mass is 402 g/mol. The Morgan fingerprint density at radius 1 is 1.22 bits per heavy atom. The van der Waals surface area contributed by atoms with Gasteiger partial charge in [0.1, 0.15) is 10.7 Å². The van der Waals surface area contributed by atoms with Crippen molar-refractivity contribution >= 4 is 56.5 Å². The van der Waals surface area contributed by atoms with Gasteiger partial charge in [-0.1, -0.05) is 6.07 Å². The van der Waals surface area contributed by atoms with E-state index in [4.69, 9.17) is 0 Å². The third kappa shape index (κ3) is 5.18. The second-order valence-corrected chi connectivity index (χ2v) is 8.11. The first-order chi connectivity index (χ1) is 12.9. The van der Waals surface area contributed by atoms with Gasteiger partial charge < -0.3 is 15.6 Å². The Labute approximate surface area is 163 Å². The molecule has 2 aromatic heterocycles. The van der Waals surface area contributed by atoms with Gasteiger partial charge >= 0.3 is 0 Å². The van der Waals surface area contributed by atoms with Crippen LogP contribution >= 0.6 is 23.1 Å². The molecule has 7 nitrogen and oxygen atoms in total. The normalized spacial score (nSPS) is 10.7. The van der Waals surface area contributed by atoms with Gasteiger partial charge in [0.05, 0.1) is 16.9 Å². The predicted molar refractivity (Wildman–Crippen MR) is 111 cm³/mol. The number of nitrogens with zero attached hydrogens (tertiary/aromatic N) is 1. The summed E-state index contributed by atoms with van der Waals surface area (Å²) >= 11 is 2.84. The molecule has 2 heterocycles. The zero-order chi connectivity index (χ0) is 19.4. The number of amides is 2. The number of thiophene rings is 1. The Bertz CT molecular complexity index is 1060. The molecule has 3 rings (SSSR count). The highest BCUT2D eigenvalue weighted by atomic mass is 32.2. The molecule has 0 bridgehead atoms. The number of rotatable bonds is 6. The van der Waals surface area contributed by atoms with Crippen molar-refractivity contribution in [3.05, 3.63) is 51.4 Å². The van der Waals surface area contributed by atoms with E-state index >= 15 is 0 Å². The van der Waals surface area contributed by atoms with Crippen molar-refractivity contribution in [3.63, 3.8) is 0 Å². The first-order valence-corrected chi connectivity index (χ1v) is 10.1. The van der Waals surface area contributed by atoms with Crippen molar-refractivity contribution < 1.29 is 9.59 Å². The average molecular weight is 403 g/mol. The Morgan fingerprint density at radius 3 is 2.70 bits per heavy atom. The minimum absolute atomic E-state index is 0.154. The lowest BCUT2D eigenvalue weighted by atomic mass is 10.2. The molecular weight excluding hydrogens is 384 g/mol. The van der Waals surface area contributed by atoms with E-state index in [9.17, 15) is 14.4 Å². The first-order valence-electron chi connectivity index (χ1n) is 8.15. The largest absolute Gasteiger partial charge is 0.326 e. The van der Waals surface area contributed by atoms with E-state index in [2.05, 4.69) is 20.6 Å². The molecule has 0 spiro atoms. The van der Waals surface area contributed by atoms with Crippen molar-refractivity contribution in [2.45, 2.75) is 19.6 Å². The summed E-state index contributed by atoms with van der Waals surface area (Å²) in [5.74, 6) is 0.862. The summed E-state index contributed by atoms with van der Waals surface area (Å²) in [5.41, 5.74) is 1.07. The SMILES string of the molecule is CC(=O)Nc1cccc(NC(=O)CSCc2nc3sc(C)cc3c(=O)[nH]2)c1. The average Bonchev–Trinajstić information content (AvgIpc) is 2.95. The molecule has 3 N–H and O–H groups in total. The van der Waals surface area contributed by atoms with Gasteiger partial charge in [0.2, 0.25) is 11.8 Å². The van der Waals surface area contributed by atoms with Crippen LogP contribution in [-0.2, 0) is 15.3 Å². The van der Waals surface area contributed by atoms with Crippen molar-refractivity contribution in [1.29, 1.82) is 0 Å². The Morgan fingerprint density at radius 2 is 1.96 bits per heavy atom. The number of H-pyrrole nitrogens is 1. The minimum Gasteiger partial charge on any atom is -0.326 e. The molecule has 0 aliphatic rings. The number of fused-ring (bicyclic) bond motifs is 1. The number of aromatic nitrogens is 2. The van der Waals surface area contributed by atoms with Crippen molar-refractivity contribution in [1.82, 2.24) is 9.97 Å². The number of carbonyl (C=O) groups excluding carboxylic acids is 2. The molecule has 0 radical (unpaired) electrons. The number of aromatic amines is 1. The van der Waals surface area contributed by atoms with E-state index < -0.39 is 0 Å². The van der Waals surface area contributed by atoms with Crippen LogP contribution in [0.3, 0.4) is 0 Å². The quantitative estimate of drug-likeness (QED) is 0.588. The Kier molecular flexibility index (Phi) is 5.92. The third-order valence-corrected chi connectivity index (χ3v) is 5.40. The number of carbonyl (C=O) groups is 2. The molecule has 0 aliphatic carbocycles. The molecule has 3 aromatic rings. The van der Waals surface area contributed by atoms with Crippen molar-refractivity contribution in [2.24, 2.45) is 0 Å². The van der Waals surface area contributed by atoms with Crippen LogP contribution in [0.25, 0.3) is 10.2 Å². The summed E-state index contributed by atoms with van der Waals surface area (Å²) in [6.07, 6.45) is 0. The molecule has 27 heavy (non-hydrogen) atoms. The first kappa shape index (κ1) is 19.1. The van der Waals surface area contributed by atoms with Crippen LogP contribution in [0, 0.1) is 6.92 Å². The van der Waals surface area contributed by atoms with E-state index in [1.165, 1.54) is 30.0 Å². The van der Waals surface area contributed by atoms with E-state index in [-0.39, 0.29) is 23.1 Å². The smallest absolute Gasteiger partial charge is 0.259 e. The lowest BCUT2D eigenvalue weighted by Crippen LogP contribution is -2.15. The highest BCUT2D eigenvalue weighted by Gasteiger charge is 2.09. The molecule has 2 amide bonds. The maximum absolute atomic E-state index is 12.1. The number of hydrogen-bond acceptors (Lipinski definition) is 6. The van der Waals surface area contributed by atoms with Crippen LogP contribution in [-0.4, -0.2) is 27.5 Å². The summed E-state index contributed by atoms with van der Waals surface area (Å²) in [7, 11) is 0. The molecule has 9 heteroatoms. The molecule has 0 saturated heterocycles. The van der Waals surface area contributed by atoms with Crippen LogP contribution in [0.15, 0.2) is 35.1 Å². The fourth-order valence-electron chi connectivity index (χ4n) is 2.48. The summed E-state index contributed by atoms with van der Waals surface area (Å²) in [6.45, 7) is 3.36. The number of anilines is 2. The fourth-order valence-corrected chi connectivity index (χ4v) is 4.07.